The standard InChI is InChI=1S/C15H21N5/c1-3-10-7-8-18-13(12(10)4-2)6-5-11-9-19-15(17)20-14(11)16/h7-9H,3-6H2,1-2H3,(H4,16,17,19,20). The number of pyridine rings is 1. The summed E-state index contributed by atoms with van der Waals surface area (Å²) in [5.74, 6) is 0.675. The molecule has 0 saturated carbocycles. The summed E-state index contributed by atoms with van der Waals surface area (Å²) in [7, 11) is 0. The topological polar surface area (TPSA) is 90.7 Å². The van der Waals surface area contributed by atoms with Crippen molar-refractivity contribution in [2.75, 3.05) is 11.5 Å². The molecule has 0 amide bonds. The van der Waals surface area contributed by atoms with Crippen LogP contribution in [0.15, 0.2) is 18.5 Å². The van der Waals surface area contributed by atoms with Crippen LogP contribution in [0, 0.1) is 0 Å². The average molecular weight is 271 g/mol. The number of aromatic nitrogens is 3. The highest BCUT2D eigenvalue weighted by atomic mass is 15.0. The third kappa shape index (κ3) is 3.04. The van der Waals surface area contributed by atoms with Gasteiger partial charge in [0.2, 0.25) is 5.95 Å². The van der Waals surface area contributed by atoms with E-state index in [1.807, 2.05) is 6.20 Å². The molecule has 0 bridgehead atoms. The van der Waals surface area contributed by atoms with Gasteiger partial charge in [0.25, 0.3) is 0 Å². The number of hydrogen-bond donors (Lipinski definition) is 2. The second-order valence-electron chi connectivity index (χ2n) is 4.74. The van der Waals surface area contributed by atoms with Crippen LogP contribution >= 0.6 is 0 Å². The minimum atomic E-state index is 0.214. The maximum absolute atomic E-state index is 5.86. The maximum Gasteiger partial charge on any atom is 0.221 e. The predicted molar refractivity (Wildman–Crippen MR) is 81.3 cm³/mol. The summed E-state index contributed by atoms with van der Waals surface area (Å²) in [6.07, 6.45) is 7.24. The Balaban J connectivity index is 2.18. The highest BCUT2D eigenvalue weighted by Crippen LogP contribution is 2.17. The first kappa shape index (κ1) is 14.2. The number of nitrogens with two attached hydrogens (primary N) is 2. The van der Waals surface area contributed by atoms with Gasteiger partial charge in [-0.15, -0.1) is 0 Å². The molecule has 0 aliphatic heterocycles. The van der Waals surface area contributed by atoms with Gasteiger partial charge in [0.15, 0.2) is 0 Å². The van der Waals surface area contributed by atoms with Crippen LogP contribution in [0.1, 0.15) is 36.2 Å². The van der Waals surface area contributed by atoms with Crippen molar-refractivity contribution in [2.45, 2.75) is 39.5 Å². The van der Waals surface area contributed by atoms with Crippen molar-refractivity contribution in [1.29, 1.82) is 0 Å². The van der Waals surface area contributed by atoms with E-state index in [4.69, 9.17) is 11.5 Å². The van der Waals surface area contributed by atoms with Crippen LogP contribution in [0.25, 0.3) is 0 Å². The Morgan fingerprint density at radius 2 is 1.80 bits per heavy atom. The minimum absolute atomic E-state index is 0.214. The second kappa shape index (κ2) is 6.32. The monoisotopic (exact) mass is 271 g/mol. The van der Waals surface area contributed by atoms with E-state index in [1.165, 1.54) is 11.1 Å². The van der Waals surface area contributed by atoms with Crippen molar-refractivity contribution in [1.82, 2.24) is 15.0 Å². The van der Waals surface area contributed by atoms with Gasteiger partial charge in [0.1, 0.15) is 5.82 Å². The number of nitrogens with zero attached hydrogens (tertiary/aromatic N) is 3. The Hall–Kier alpha value is -2.17. The molecule has 0 saturated heterocycles. The van der Waals surface area contributed by atoms with Gasteiger partial charge in [-0.25, -0.2) is 4.98 Å². The highest BCUT2D eigenvalue weighted by molar-refractivity contribution is 5.42. The van der Waals surface area contributed by atoms with Crippen molar-refractivity contribution in [2.24, 2.45) is 0 Å². The Bertz CT molecular complexity index is 595. The zero-order valence-corrected chi connectivity index (χ0v) is 12.1. The number of anilines is 2. The SMILES string of the molecule is CCc1ccnc(CCc2cnc(N)nc2N)c1CC. The molecular formula is C15H21N5. The third-order valence-corrected chi connectivity index (χ3v) is 3.52. The fraction of sp³-hybridized carbons (Fsp3) is 0.400. The van der Waals surface area contributed by atoms with E-state index in [0.29, 0.717) is 5.82 Å². The summed E-state index contributed by atoms with van der Waals surface area (Å²) in [6, 6.07) is 2.10. The van der Waals surface area contributed by atoms with E-state index in [1.54, 1.807) is 6.20 Å². The van der Waals surface area contributed by atoms with Crippen molar-refractivity contribution < 1.29 is 0 Å². The summed E-state index contributed by atoms with van der Waals surface area (Å²) < 4.78 is 0. The molecule has 2 rings (SSSR count). The fourth-order valence-corrected chi connectivity index (χ4v) is 2.44. The van der Waals surface area contributed by atoms with Gasteiger partial charge in [0, 0.05) is 23.7 Å². The zero-order chi connectivity index (χ0) is 14.5. The zero-order valence-electron chi connectivity index (χ0n) is 12.1. The normalized spacial score (nSPS) is 10.7. The van der Waals surface area contributed by atoms with Crippen molar-refractivity contribution in [3.05, 3.63) is 40.8 Å². The van der Waals surface area contributed by atoms with E-state index in [2.05, 4.69) is 34.9 Å². The molecular weight excluding hydrogens is 250 g/mol. The average Bonchev–Trinajstić information content (AvgIpc) is 2.45. The Morgan fingerprint density at radius 3 is 2.45 bits per heavy atom. The van der Waals surface area contributed by atoms with E-state index in [9.17, 15) is 0 Å². The van der Waals surface area contributed by atoms with Crippen LogP contribution in [-0.4, -0.2) is 15.0 Å². The highest BCUT2D eigenvalue weighted by Gasteiger charge is 2.09. The molecule has 2 aromatic heterocycles. The molecule has 0 spiro atoms. The molecule has 0 fully saturated rings. The largest absolute Gasteiger partial charge is 0.383 e. The fourth-order valence-electron chi connectivity index (χ4n) is 2.44. The molecule has 2 heterocycles. The number of aryl methyl sites for hydroxylation is 3. The quantitative estimate of drug-likeness (QED) is 0.867. The Kier molecular flexibility index (Phi) is 4.50. The molecule has 0 atom stereocenters. The molecule has 0 aromatic carbocycles. The third-order valence-electron chi connectivity index (χ3n) is 3.52. The molecule has 4 N–H and O–H groups in total. The molecule has 106 valence electrons. The van der Waals surface area contributed by atoms with E-state index in [0.717, 1.165) is 36.9 Å². The van der Waals surface area contributed by atoms with E-state index >= 15 is 0 Å². The summed E-state index contributed by atoms with van der Waals surface area (Å²) >= 11 is 0. The van der Waals surface area contributed by atoms with Crippen LogP contribution < -0.4 is 11.5 Å². The molecule has 0 aliphatic rings. The maximum atomic E-state index is 5.86. The predicted octanol–water partition coefficient (Wildman–Crippen LogP) is 1.95. The lowest BCUT2D eigenvalue weighted by Gasteiger charge is -2.11. The van der Waals surface area contributed by atoms with Crippen molar-refractivity contribution in [3.8, 4) is 0 Å². The Morgan fingerprint density at radius 1 is 1.00 bits per heavy atom. The van der Waals surface area contributed by atoms with E-state index in [-0.39, 0.29) is 5.95 Å². The lowest BCUT2D eigenvalue weighted by Crippen LogP contribution is -2.07. The van der Waals surface area contributed by atoms with Gasteiger partial charge in [0.05, 0.1) is 0 Å². The van der Waals surface area contributed by atoms with E-state index < -0.39 is 0 Å². The van der Waals surface area contributed by atoms with Crippen molar-refractivity contribution in [3.63, 3.8) is 0 Å². The lowest BCUT2D eigenvalue weighted by atomic mass is 9.98. The van der Waals surface area contributed by atoms with Crippen LogP contribution in [0.3, 0.4) is 0 Å². The van der Waals surface area contributed by atoms with Crippen LogP contribution in [-0.2, 0) is 25.7 Å². The Labute approximate surface area is 119 Å². The van der Waals surface area contributed by atoms with Crippen LogP contribution in [0.2, 0.25) is 0 Å². The summed E-state index contributed by atoms with van der Waals surface area (Å²) in [6.45, 7) is 4.34. The van der Waals surface area contributed by atoms with Crippen LogP contribution in [0.5, 0.6) is 0 Å². The lowest BCUT2D eigenvalue weighted by molar-refractivity contribution is 0.860. The van der Waals surface area contributed by atoms with Gasteiger partial charge in [-0.05, 0) is 42.9 Å². The molecule has 0 aliphatic carbocycles. The molecule has 20 heavy (non-hydrogen) atoms. The summed E-state index contributed by atoms with van der Waals surface area (Å²) in [4.78, 5) is 12.5. The first-order valence-corrected chi connectivity index (χ1v) is 6.98. The van der Waals surface area contributed by atoms with Gasteiger partial charge < -0.3 is 11.5 Å². The number of rotatable bonds is 5. The first-order chi connectivity index (χ1) is 9.65. The number of nitrogen functional groups attached to an aromatic ring is 2. The van der Waals surface area contributed by atoms with Gasteiger partial charge >= 0.3 is 0 Å². The van der Waals surface area contributed by atoms with Gasteiger partial charge in [-0.2, -0.15) is 4.98 Å². The molecule has 5 heteroatoms. The second-order valence-corrected chi connectivity index (χ2v) is 4.74. The molecule has 2 aromatic rings. The summed E-state index contributed by atoms with van der Waals surface area (Å²) in [5, 5.41) is 0. The van der Waals surface area contributed by atoms with Gasteiger partial charge in [-0.1, -0.05) is 13.8 Å². The first-order valence-electron chi connectivity index (χ1n) is 6.98. The smallest absolute Gasteiger partial charge is 0.221 e. The van der Waals surface area contributed by atoms with Gasteiger partial charge in [-0.3, -0.25) is 4.98 Å². The molecule has 5 nitrogen and oxygen atoms in total. The number of hydrogen-bond acceptors (Lipinski definition) is 5. The van der Waals surface area contributed by atoms with Crippen molar-refractivity contribution >= 4 is 11.8 Å². The van der Waals surface area contributed by atoms with Crippen LogP contribution in [0.4, 0.5) is 11.8 Å². The minimum Gasteiger partial charge on any atom is -0.383 e. The molecule has 0 radical (unpaired) electrons. The molecule has 0 unspecified atom stereocenters. The summed E-state index contributed by atoms with van der Waals surface area (Å²) in [5.41, 5.74) is 16.2.